The Hall–Kier alpha value is -1.23. The Morgan fingerprint density at radius 3 is 2.89 bits per heavy atom. The van der Waals surface area contributed by atoms with E-state index in [9.17, 15) is 5.11 Å². The first kappa shape index (κ1) is 11.8. The smallest absolute Gasteiger partial charge is 0.123 e. The van der Waals surface area contributed by atoms with Gasteiger partial charge in [0.15, 0.2) is 0 Å². The highest BCUT2D eigenvalue weighted by molar-refractivity contribution is 7.15. The number of β-amino-alcohol motifs (C(OH)–C–C–N with tert-alkyl or cyclic N) is 1. The van der Waals surface area contributed by atoms with Gasteiger partial charge in [0.2, 0.25) is 0 Å². The van der Waals surface area contributed by atoms with Crippen LogP contribution < -0.4 is 0 Å². The molecule has 0 aliphatic carbocycles. The van der Waals surface area contributed by atoms with E-state index in [-0.39, 0.29) is 6.10 Å². The standard InChI is InChI=1S/C14H16N2OS/c17-12-6-7-16(9-12)10-13-8-15-14(18-13)11-4-2-1-3-5-11/h1-5,8,12,17H,6-7,9-10H2/t12-/m0/s1. The summed E-state index contributed by atoms with van der Waals surface area (Å²) in [6.07, 6.45) is 2.70. The van der Waals surface area contributed by atoms with Crippen LogP contribution in [0.3, 0.4) is 0 Å². The van der Waals surface area contributed by atoms with Crippen LogP contribution in [-0.4, -0.2) is 34.2 Å². The van der Waals surface area contributed by atoms with Gasteiger partial charge in [0.05, 0.1) is 6.10 Å². The molecule has 0 bridgehead atoms. The fraction of sp³-hybridized carbons (Fsp3) is 0.357. The van der Waals surface area contributed by atoms with Crippen molar-refractivity contribution < 1.29 is 5.11 Å². The lowest BCUT2D eigenvalue weighted by Gasteiger charge is -2.12. The Balaban J connectivity index is 1.70. The zero-order valence-electron chi connectivity index (χ0n) is 10.1. The van der Waals surface area contributed by atoms with Gasteiger partial charge in [-0.05, 0) is 6.42 Å². The van der Waals surface area contributed by atoms with E-state index in [2.05, 4.69) is 22.0 Å². The molecular weight excluding hydrogens is 244 g/mol. The topological polar surface area (TPSA) is 36.4 Å². The van der Waals surface area contributed by atoms with Crippen molar-refractivity contribution >= 4 is 11.3 Å². The van der Waals surface area contributed by atoms with E-state index >= 15 is 0 Å². The first-order valence-electron chi connectivity index (χ1n) is 6.22. The molecule has 0 saturated carbocycles. The molecule has 1 aromatic heterocycles. The second-order valence-corrected chi connectivity index (χ2v) is 5.79. The summed E-state index contributed by atoms with van der Waals surface area (Å²) in [6, 6.07) is 10.3. The second kappa shape index (κ2) is 5.18. The summed E-state index contributed by atoms with van der Waals surface area (Å²) in [7, 11) is 0. The predicted octanol–water partition coefficient (Wildman–Crippen LogP) is 2.38. The van der Waals surface area contributed by atoms with Crippen LogP contribution in [0, 0.1) is 0 Å². The Kier molecular flexibility index (Phi) is 3.41. The van der Waals surface area contributed by atoms with Crippen molar-refractivity contribution in [2.75, 3.05) is 13.1 Å². The van der Waals surface area contributed by atoms with Crippen LogP contribution in [0.1, 0.15) is 11.3 Å². The normalized spacial score (nSPS) is 20.4. The fourth-order valence-electron chi connectivity index (χ4n) is 2.27. The lowest BCUT2D eigenvalue weighted by Crippen LogP contribution is -2.20. The molecule has 94 valence electrons. The molecule has 1 saturated heterocycles. The highest BCUT2D eigenvalue weighted by Gasteiger charge is 2.20. The van der Waals surface area contributed by atoms with Gasteiger partial charge >= 0.3 is 0 Å². The average Bonchev–Trinajstić information content (AvgIpc) is 3.01. The number of likely N-dealkylation sites (tertiary alicyclic amines) is 1. The minimum absolute atomic E-state index is 0.147. The monoisotopic (exact) mass is 260 g/mol. The number of benzene rings is 1. The molecule has 2 heterocycles. The quantitative estimate of drug-likeness (QED) is 0.920. The molecule has 1 aliphatic heterocycles. The van der Waals surface area contributed by atoms with Gasteiger partial charge in [0, 0.05) is 36.3 Å². The molecule has 1 aromatic carbocycles. The van der Waals surface area contributed by atoms with Crippen LogP contribution in [0.4, 0.5) is 0 Å². The number of aliphatic hydroxyl groups excluding tert-OH is 1. The van der Waals surface area contributed by atoms with E-state index < -0.39 is 0 Å². The third kappa shape index (κ3) is 2.61. The summed E-state index contributed by atoms with van der Waals surface area (Å²) in [5.74, 6) is 0. The SMILES string of the molecule is O[C@H]1CCN(Cc2cnc(-c3ccccc3)s2)C1. The van der Waals surface area contributed by atoms with E-state index in [1.54, 1.807) is 11.3 Å². The van der Waals surface area contributed by atoms with E-state index in [1.165, 1.54) is 10.4 Å². The van der Waals surface area contributed by atoms with Crippen LogP contribution in [-0.2, 0) is 6.54 Å². The molecule has 3 nitrogen and oxygen atoms in total. The first-order chi connectivity index (χ1) is 8.81. The molecule has 4 heteroatoms. The molecule has 1 atom stereocenters. The molecule has 1 fully saturated rings. The number of hydrogen-bond donors (Lipinski definition) is 1. The largest absolute Gasteiger partial charge is 0.392 e. The number of aliphatic hydroxyl groups is 1. The van der Waals surface area contributed by atoms with Gasteiger partial charge in [0.25, 0.3) is 0 Å². The van der Waals surface area contributed by atoms with E-state index in [0.717, 1.165) is 31.1 Å². The van der Waals surface area contributed by atoms with Crippen molar-refractivity contribution in [3.8, 4) is 10.6 Å². The Bertz CT molecular complexity index is 512. The summed E-state index contributed by atoms with van der Waals surface area (Å²) in [4.78, 5) is 8.03. The predicted molar refractivity (Wildman–Crippen MR) is 73.5 cm³/mol. The highest BCUT2D eigenvalue weighted by atomic mass is 32.1. The zero-order valence-corrected chi connectivity index (χ0v) is 10.9. The summed E-state index contributed by atoms with van der Waals surface area (Å²) in [5.41, 5.74) is 1.18. The molecule has 0 spiro atoms. The number of rotatable bonds is 3. The molecule has 1 N–H and O–H groups in total. The van der Waals surface area contributed by atoms with Crippen molar-refractivity contribution in [2.45, 2.75) is 19.1 Å². The molecule has 1 aliphatic rings. The van der Waals surface area contributed by atoms with Gasteiger partial charge in [0.1, 0.15) is 5.01 Å². The third-order valence-electron chi connectivity index (χ3n) is 3.20. The van der Waals surface area contributed by atoms with Crippen LogP contribution >= 0.6 is 11.3 Å². The molecule has 0 unspecified atom stereocenters. The third-order valence-corrected chi connectivity index (χ3v) is 4.23. The second-order valence-electron chi connectivity index (χ2n) is 4.68. The summed E-state index contributed by atoms with van der Waals surface area (Å²) in [6.45, 7) is 2.68. The average molecular weight is 260 g/mol. The maximum absolute atomic E-state index is 9.51. The lowest BCUT2D eigenvalue weighted by atomic mass is 10.2. The maximum atomic E-state index is 9.51. The van der Waals surface area contributed by atoms with Gasteiger partial charge in [-0.15, -0.1) is 11.3 Å². The number of hydrogen-bond acceptors (Lipinski definition) is 4. The molecule has 0 amide bonds. The number of thiazole rings is 1. The first-order valence-corrected chi connectivity index (χ1v) is 7.03. The highest BCUT2D eigenvalue weighted by Crippen LogP contribution is 2.26. The van der Waals surface area contributed by atoms with E-state index in [1.807, 2.05) is 24.4 Å². The molecular formula is C14H16N2OS. The van der Waals surface area contributed by atoms with Crippen molar-refractivity contribution in [2.24, 2.45) is 0 Å². The Morgan fingerprint density at radius 2 is 2.17 bits per heavy atom. The van der Waals surface area contributed by atoms with Crippen LogP contribution in [0.15, 0.2) is 36.5 Å². The van der Waals surface area contributed by atoms with Crippen LogP contribution in [0.25, 0.3) is 10.6 Å². The van der Waals surface area contributed by atoms with Crippen molar-refractivity contribution in [1.29, 1.82) is 0 Å². The molecule has 18 heavy (non-hydrogen) atoms. The van der Waals surface area contributed by atoms with E-state index in [4.69, 9.17) is 0 Å². The summed E-state index contributed by atoms with van der Waals surface area (Å²) >= 11 is 1.74. The summed E-state index contributed by atoms with van der Waals surface area (Å²) < 4.78 is 0. The van der Waals surface area contributed by atoms with Crippen LogP contribution in [0.2, 0.25) is 0 Å². The zero-order chi connectivity index (χ0) is 12.4. The number of aromatic nitrogens is 1. The Labute approximate surface area is 111 Å². The van der Waals surface area contributed by atoms with Gasteiger partial charge in [-0.3, -0.25) is 4.90 Å². The van der Waals surface area contributed by atoms with E-state index in [0.29, 0.717) is 0 Å². The van der Waals surface area contributed by atoms with Gasteiger partial charge in [-0.1, -0.05) is 30.3 Å². The molecule has 3 rings (SSSR count). The molecule has 0 radical (unpaired) electrons. The van der Waals surface area contributed by atoms with Crippen molar-refractivity contribution in [3.63, 3.8) is 0 Å². The number of nitrogens with zero attached hydrogens (tertiary/aromatic N) is 2. The van der Waals surface area contributed by atoms with Crippen LogP contribution in [0.5, 0.6) is 0 Å². The van der Waals surface area contributed by atoms with Gasteiger partial charge in [-0.25, -0.2) is 4.98 Å². The lowest BCUT2D eigenvalue weighted by molar-refractivity contribution is 0.175. The van der Waals surface area contributed by atoms with Crippen molar-refractivity contribution in [1.82, 2.24) is 9.88 Å². The molecule has 2 aromatic rings. The Morgan fingerprint density at radius 1 is 1.33 bits per heavy atom. The summed E-state index contributed by atoms with van der Waals surface area (Å²) in [5, 5.41) is 10.6. The maximum Gasteiger partial charge on any atom is 0.123 e. The fourth-order valence-corrected chi connectivity index (χ4v) is 3.23. The van der Waals surface area contributed by atoms with Gasteiger partial charge in [-0.2, -0.15) is 0 Å². The van der Waals surface area contributed by atoms with Crippen molar-refractivity contribution in [3.05, 3.63) is 41.4 Å². The minimum atomic E-state index is -0.147. The van der Waals surface area contributed by atoms with Gasteiger partial charge < -0.3 is 5.11 Å². The minimum Gasteiger partial charge on any atom is -0.392 e.